The second kappa shape index (κ2) is 5.12. The third kappa shape index (κ3) is 4.15. The Morgan fingerprint density at radius 3 is 2.75 bits per heavy atom. The molecule has 0 spiro atoms. The van der Waals surface area contributed by atoms with E-state index in [4.69, 9.17) is 0 Å². The van der Waals surface area contributed by atoms with Gasteiger partial charge in [0.15, 0.2) is 6.73 Å². The second-order valence-corrected chi connectivity index (χ2v) is 2.10. The number of rotatable bonds is 4. The van der Waals surface area contributed by atoms with Gasteiger partial charge in [-0.25, -0.2) is 0 Å². The fourth-order valence-corrected chi connectivity index (χ4v) is 0.510. The summed E-state index contributed by atoms with van der Waals surface area (Å²) in [7, 11) is 1.12. The van der Waals surface area contributed by atoms with Crippen LogP contribution in [0.2, 0.25) is 0 Å². The SMILES string of the molecule is CNCO[P+](=O)OC. The van der Waals surface area contributed by atoms with E-state index < -0.39 is 8.25 Å². The molecule has 0 saturated heterocycles. The largest absolute Gasteiger partial charge is 0.698 e. The minimum absolute atomic E-state index is 0.253. The van der Waals surface area contributed by atoms with Crippen molar-refractivity contribution in [1.82, 2.24) is 5.32 Å². The zero-order valence-corrected chi connectivity index (χ0v) is 5.77. The lowest BCUT2D eigenvalue weighted by atomic mass is 11.2. The highest BCUT2D eigenvalue weighted by Gasteiger charge is 2.14. The van der Waals surface area contributed by atoms with Crippen molar-refractivity contribution in [3.05, 3.63) is 0 Å². The van der Waals surface area contributed by atoms with Crippen molar-refractivity contribution in [1.29, 1.82) is 0 Å². The van der Waals surface area contributed by atoms with Gasteiger partial charge >= 0.3 is 8.25 Å². The van der Waals surface area contributed by atoms with E-state index in [1.807, 2.05) is 0 Å². The van der Waals surface area contributed by atoms with Crippen molar-refractivity contribution in [2.45, 2.75) is 0 Å². The maximum absolute atomic E-state index is 10.2. The van der Waals surface area contributed by atoms with E-state index in [0.717, 1.165) is 0 Å². The molecule has 0 aromatic heterocycles. The molecule has 5 heteroatoms. The highest BCUT2D eigenvalue weighted by atomic mass is 31.1. The second-order valence-electron chi connectivity index (χ2n) is 1.03. The molecule has 0 rings (SSSR count). The summed E-state index contributed by atoms with van der Waals surface area (Å²) in [5, 5.41) is 2.65. The molecule has 48 valence electrons. The molecule has 0 aliphatic carbocycles. The number of hydrogen-bond donors (Lipinski definition) is 1. The molecule has 1 atom stereocenters. The summed E-state index contributed by atoms with van der Waals surface area (Å²) >= 11 is 0. The smallest absolute Gasteiger partial charge is 0.294 e. The third-order valence-corrected chi connectivity index (χ3v) is 1.10. The maximum Gasteiger partial charge on any atom is 0.698 e. The van der Waals surface area contributed by atoms with Gasteiger partial charge in [0, 0.05) is 4.57 Å². The molecule has 0 radical (unpaired) electrons. The highest BCUT2D eigenvalue weighted by molar-refractivity contribution is 7.33. The van der Waals surface area contributed by atoms with Crippen molar-refractivity contribution in [3.8, 4) is 0 Å². The summed E-state index contributed by atoms with van der Waals surface area (Å²) in [5.74, 6) is 0. The summed E-state index contributed by atoms with van der Waals surface area (Å²) in [4.78, 5) is 0. The monoisotopic (exact) mass is 138 g/mol. The van der Waals surface area contributed by atoms with Gasteiger partial charge in [-0.05, 0) is 7.05 Å². The Hall–Kier alpha value is -0.0200. The van der Waals surface area contributed by atoms with Gasteiger partial charge in [0.2, 0.25) is 0 Å². The fraction of sp³-hybridized carbons (Fsp3) is 1.00. The molecule has 8 heavy (non-hydrogen) atoms. The molecular weight excluding hydrogens is 129 g/mol. The maximum atomic E-state index is 10.2. The van der Waals surface area contributed by atoms with Crippen LogP contribution in [0.4, 0.5) is 0 Å². The molecule has 0 aromatic rings. The zero-order chi connectivity index (χ0) is 6.41. The van der Waals surface area contributed by atoms with Crippen molar-refractivity contribution >= 4 is 8.25 Å². The summed E-state index contributed by atoms with van der Waals surface area (Å²) in [5.41, 5.74) is 0. The average Bonchev–Trinajstić information content (AvgIpc) is 1.83. The lowest BCUT2D eigenvalue weighted by molar-refractivity contribution is 0.244. The van der Waals surface area contributed by atoms with Gasteiger partial charge in [0.1, 0.15) is 0 Å². The van der Waals surface area contributed by atoms with E-state index in [1.165, 1.54) is 7.11 Å². The molecule has 0 bridgehead atoms. The van der Waals surface area contributed by atoms with Crippen LogP contribution in [0, 0.1) is 0 Å². The van der Waals surface area contributed by atoms with Gasteiger partial charge in [-0.3, -0.25) is 5.32 Å². The molecule has 0 saturated carbocycles. The molecule has 0 aliphatic rings. The first-order valence-electron chi connectivity index (χ1n) is 2.10. The fourth-order valence-electron chi connectivity index (χ4n) is 0.170. The van der Waals surface area contributed by atoms with E-state index in [9.17, 15) is 4.57 Å². The minimum atomic E-state index is -1.90. The first-order valence-corrected chi connectivity index (χ1v) is 3.19. The van der Waals surface area contributed by atoms with Crippen LogP contribution < -0.4 is 5.32 Å². The summed E-state index contributed by atoms with van der Waals surface area (Å²) in [6.07, 6.45) is 0. The van der Waals surface area contributed by atoms with Crippen LogP contribution in [0.25, 0.3) is 0 Å². The normalized spacial score (nSPS) is 11.5. The quantitative estimate of drug-likeness (QED) is 0.453. The van der Waals surface area contributed by atoms with E-state index in [1.54, 1.807) is 7.05 Å². The average molecular weight is 138 g/mol. The van der Waals surface area contributed by atoms with Crippen molar-refractivity contribution < 1.29 is 13.6 Å². The molecule has 1 unspecified atom stereocenters. The van der Waals surface area contributed by atoms with Crippen molar-refractivity contribution in [2.75, 3.05) is 20.9 Å². The van der Waals surface area contributed by atoms with E-state index in [2.05, 4.69) is 14.4 Å². The van der Waals surface area contributed by atoms with Crippen LogP contribution >= 0.6 is 8.25 Å². The predicted octanol–water partition coefficient (Wildman–Crippen LogP) is 0.484. The highest BCUT2D eigenvalue weighted by Crippen LogP contribution is 2.19. The lowest BCUT2D eigenvalue weighted by Gasteiger charge is -1.83. The van der Waals surface area contributed by atoms with Gasteiger partial charge in [0.25, 0.3) is 0 Å². The van der Waals surface area contributed by atoms with Gasteiger partial charge in [-0.1, -0.05) is 0 Å². The molecule has 4 nitrogen and oxygen atoms in total. The van der Waals surface area contributed by atoms with Crippen molar-refractivity contribution in [3.63, 3.8) is 0 Å². The summed E-state index contributed by atoms with van der Waals surface area (Å²) in [6, 6.07) is 0. The Kier molecular flexibility index (Phi) is 5.11. The van der Waals surface area contributed by atoms with E-state index in [0.29, 0.717) is 0 Å². The predicted molar refractivity (Wildman–Crippen MR) is 29.6 cm³/mol. The number of nitrogens with one attached hydrogen (secondary N) is 1. The molecule has 0 heterocycles. The lowest BCUT2D eigenvalue weighted by Crippen LogP contribution is -2.07. The molecule has 0 amide bonds. The standard InChI is InChI=1S/C3H9NO3P/c1-4-3-7-8(5)6-2/h4H,3H2,1-2H3/q+1. The van der Waals surface area contributed by atoms with Crippen molar-refractivity contribution in [2.24, 2.45) is 0 Å². The summed E-state index contributed by atoms with van der Waals surface area (Å²) in [6.45, 7) is 0.253. The molecular formula is C3H9NO3P+. The van der Waals surface area contributed by atoms with Crippen LogP contribution in [0.15, 0.2) is 0 Å². The van der Waals surface area contributed by atoms with Crippen LogP contribution in [0.5, 0.6) is 0 Å². The minimum Gasteiger partial charge on any atom is -0.294 e. The van der Waals surface area contributed by atoms with Gasteiger partial charge in [-0.15, -0.1) is 9.05 Å². The Morgan fingerprint density at radius 1 is 1.75 bits per heavy atom. The first-order chi connectivity index (χ1) is 3.81. The molecule has 0 aromatic carbocycles. The van der Waals surface area contributed by atoms with E-state index in [-0.39, 0.29) is 6.73 Å². The van der Waals surface area contributed by atoms with Crippen LogP contribution in [0.1, 0.15) is 0 Å². The third-order valence-electron chi connectivity index (χ3n) is 0.463. The Balaban J connectivity index is 2.99. The Labute approximate surface area is 49.1 Å². The Bertz CT molecular complexity index is 76.9. The zero-order valence-electron chi connectivity index (χ0n) is 4.88. The van der Waals surface area contributed by atoms with E-state index >= 15 is 0 Å². The molecule has 0 aliphatic heterocycles. The van der Waals surface area contributed by atoms with Crippen LogP contribution in [-0.4, -0.2) is 20.9 Å². The molecule has 1 N–H and O–H groups in total. The van der Waals surface area contributed by atoms with Gasteiger partial charge in [0.05, 0.1) is 7.11 Å². The molecule has 0 fully saturated rings. The van der Waals surface area contributed by atoms with Crippen LogP contribution in [-0.2, 0) is 13.6 Å². The first kappa shape index (κ1) is 7.98. The summed E-state index contributed by atoms with van der Waals surface area (Å²) < 4.78 is 19.0. The van der Waals surface area contributed by atoms with Gasteiger partial charge in [-0.2, -0.15) is 0 Å². The number of hydrogen-bond acceptors (Lipinski definition) is 4. The Morgan fingerprint density at radius 2 is 2.38 bits per heavy atom. The topological polar surface area (TPSA) is 47.6 Å². The van der Waals surface area contributed by atoms with Crippen LogP contribution in [0.3, 0.4) is 0 Å². The van der Waals surface area contributed by atoms with Gasteiger partial charge < -0.3 is 0 Å².